The fraction of sp³-hybridized carbons (Fsp3) is 0.700. The minimum absolute atomic E-state index is 0.362. The second-order valence-corrected chi connectivity index (χ2v) is 7.44. The predicted molar refractivity (Wildman–Crippen MR) is 95.4 cm³/mol. The van der Waals surface area contributed by atoms with Gasteiger partial charge in [-0.15, -0.1) is 0 Å². The van der Waals surface area contributed by atoms with E-state index < -0.39 is 0 Å². The quantitative estimate of drug-likeness (QED) is 0.681. The van der Waals surface area contributed by atoms with Gasteiger partial charge < -0.3 is 5.32 Å². The Morgan fingerprint density at radius 1 is 0.810 bits per heavy atom. The molecule has 0 radical (unpaired) electrons. The Morgan fingerprint density at radius 3 is 1.76 bits per heavy atom. The smallest absolute Gasteiger partial charge is 0.000263 e. The second-order valence-electron chi connectivity index (χ2n) is 7.44. The lowest BCUT2D eigenvalue weighted by molar-refractivity contribution is 0.315. The lowest BCUT2D eigenvalue weighted by Crippen LogP contribution is -2.30. The fourth-order valence-electron chi connectivity index (χ4n) is 3.11. The Kier molecular flexibility index (Phi) is 6.46. The Hall–Kier alpha value is -0.820. The normalized spacial score (nSPS) is 12.0. The molecule has 1 aromatic rings. The van der Waals surface area contributed by atoms with Crippen LogP contribution in [0.3, 0.4) is 0 Å². The molecular formula is C20H35N. The first kappa shape index (κ1) is 18.2. The highest BCUT2D eigenvalue weighted by atomic mass is 14.9. The Morgan fingerprint density at radius 2 is 1.29 bits per heavy atom. The molecule has 0 aliphatic rings. The van der Waals surface area contributed by atoms with Crippen molar-refractivity contribution < 1.29 is 0 Å². The molecule has 120 valence electrons. The lowest BCUT2D eigenvalue weighted by Gasteiger charge is -2.27. The summed E-state index contributed by atoms with van der Waals surface area (Å²) in [5, 5.41) is 3.57. The SMILES string of the molecule is CCCNCC(C)(C)CCc1c(C)c(C)c(C)c(C)c1C. The Balaban J connectivity index is 2.85. The molecule has 0 atom stereocenters. The topological polar surface area (TPSA) is 12.0 Å². The summed E-state index contributed by atoms with van der Waals surface area (Å²) in [4.78, 5) is 0. The maximum Gasteiger partial charge on any atom is 0.000263 e. The highest BCUT2D eigenvalue weighted by Crippen LogP contribution is 2.30. The maximum atomic E-state index is 3.57. The molecule has 0 saturated heterocycles. The molecule has 0 fully saturated rings. The van der Waals surface area contributed by atoms with E-state index in [-0.39, 0.29) is 0 Å². The zero-order chi connectivity index (χ0) is 16.2. The van der Waals surface area contributed by atoms with Crippen molar-refractivity contribution in [3.63, 3.8) is 0 Å². The average molecular weight is 290 g/mol. The third-order valence-electron chi connectivity index (χ3n) is 5.24. The summed E-state index contributed by atoms with van der Waals surface area (Å²) in [5.41, 5.74) is 9.39. The molecule has 1 aromatic carbocycles. The van der Waals surface area contributed by atoms with E-state index >= 15 is 0 Å². The Labute approximate surface area is 132 Å². The van der Waals surface area contributed by atoms with Crippen LogP contribution in [0.4, 0.5) is 0 Å². The van der Waals surface area contributed by atoms with E-state index in [1.807, 2.05) is 0 Å². The molecule has 0 aliphatic carbocycles. The van der Waals surface area contributed by atoms with Gasteiger partial charge in [0.15, 0.2) is 0 Å². The van der Waals surface area contributed by atoms with Gasteiger partial charge in [0.05, 0.1) is 0 Å². The number of benzene rings is 1. The maximum absolute atomic E-state index is 3.57. The van der Waals surface area contributed by atoms with Gasteiger partial charge in [-0.1, -0.05) is 20.8 Å². The van der Waals surface area contributed by atoms with Crippen LogP contribution in [0.2, 0.25) is 0 Å². The van der Waals surface area contributed by atoms with E-state index in [1.54, 1.807) is 5.56 Å². The molecule has 0 bridgehead atoms. The van der Waals surface area contributed by atoms with Crippen molar-refractivity contribution in [1.82, 2.24) is 5.32 Å². The van der Waals surface area contributed by atoms with Gasteiger partial charge >= 0.3 is 0 Å². The predicted octanol–water partition coefficient (Wildman–Crippen LogP) is 5.19. The molecule has 0 saturated carbocycles. The molecule has 1 heteroatoms. The first-order valence-corrected chi connectivity index (χ1v) is 8.47. The van der Waals surface area contributed by atoms with E-state index in [4.69, 9.17) is 0 Å². The van der Waals surface area contributed by atoms with Crippen molar-refractivity contribution in [2.45, 2.75) is 74.7 Å². The van der Waals surface area contributed by atoms with Crippen LogP contribution in [0.15, 0.2) is 0 Å². The molecule has 0 aliphatic heterocycles. The van der Waals surface area contributed by atoms with Gasteiger partial charge in [-0.2, -0.15) is 0 Å². The van der Waals surface area contributed by atoms with Crippen LogP contribution in [-0.2, 0) is 6.42 Å². The zero-order valence-electron chi connectivity index (χ0n) is 15.5. The van der Waals surface area contributed by atoms with Crippen LogP contribution in [0, 0.1) is 40.0 Å². The third-order valence-corrected chi connectivity index (χ3v) is 5.24. The largest absolute Gasteiger partial charge is 0.316 e. The molecule has 1 nitrogen and oxygen atoms in total. The van der Waals surface area contributed by atoms with Gasteiger partial charge in [0, 0.05) is 6.54 Å². The summed E-state index contributed by atoms with van der Waals surface area (Å²) in [6.07, 6.45) is 3.65. The molecular weight excluding hydrogens is 254 g/mol. The van der Waals surface area contributed by atoms with Crippen molar-refractivity contribution in [3.05, 3.63) is 33.4 Å². The molecule has 1 rings (SSSR count). The molecule has 21 heavy (non-hydrogen) atoms. The number of hydrogen-bond acceptors (Lipinski definition) is 1. The second kappa shape index (κ2) is 7.45. The van der Waals surface area contributed by atoms with Gasteiger partial charge in [-0.3, -0.25) is 0 Å². The van der Waals surface area contributed by atoms with E-state index in [0.29, 0.717) is 5.41 Å². The van der Waals surface area contributed by atoms with E-state index in [0.717, 1.165) is 13.1 Å². The molecule has 0 amide bonds. The first-order valence-electron chi connectivity index (χ1n) is 8.47. The summed E-state index contributed by atoms with van der Waals surface area (Å²) >= 11 is 0. The minimum Gasteiger partial charge on any atom is -0.316 e. The van der Waals surface area contributed by atoms with Crippen LogP contribution < -0.4 is 5.32 Å². The van der Waals surface area contributed by atoms with E-state index in [2.05, 4.69) is 60.7 Å². The molecule has 0 spiro atoms. The van der Waals surface area contributed by atoms with Crippen LogP contribution in [-0.4, -0.2) is 13.1 Å². The van der Waals surface area contributed by atoms with E-state index in [1.165, 1.54) is 47.1 Å². The van der Waals surface area contributed by atoms with E-state index in [9.17, 15) is 0 Å². The molecule has 0 aromatic heterocycles. The summed E-state index contributed by atoms with van der Waals surface area (Å²) in [7, 11) is 0. The van der Waals surface area contributed by atoms with Crippen LogP contribution in [0.25, 0.3) is 0 Å². The highest BCUT2D eigenvalue weighted by Gasteiger charge is 2.19. The van der Waals surface area contributed by atoms with Crippen LogP contribution in [0.1, 0.15) is 67.0 Å². The molecule has 0 unspecified atom stereocenters. The van der Waals surface area contributed by atoms with Crippen molar-refractivity contribution in [2.75, 3.05) is 13.1 Å². The fourth-order valence-corrected chi connectivity index (χ4v) is 3.11. The lowest BCUT2D eigenvalue weighted by atomic mass is 9.82. The average Bonchev–Trinajstić information content (AvgIpc) is 2.43. The standard InChI is InChI=1S/C20H35N/c1-9-12-21-13-20(7,8)11-10-19-17(5)15(3)14(2)16(4)18(19)6/h21H,9-13H2,1-8H3. The van der Waals surface area contributed by atoms with Crippen molar-refractivity contribution in [2.24, 2.45) is 5.41 Å². The van der Waals surface area contributed by atoms with Crippen LogP contribution in [0.5, 0.6) is 0 Å². The van der Waals surface area contributed by atoms with Crippen molar-refractivity contribution >= 4 is 0 Å². The summed E-state index contributed by atoms with van der Waals surface area (Å²) in [6, 6.07) is 0. The number of hydrogen-bond donors (Lipinski definition) is 1. The minimum atomic E-state index is 0.362. The van der Waals surface area contributed by atoms with Gasteiger partial charge in [0.2, 0.25) is 0 Å². The van der Waals surface area contributed by atoms with Crippen LogP contribution >= 0.6 is 0 Å². The summed E-state index contributed by atoms with van der Waals surface area (Å²) < 4.78 is 0. The molecule has 1 N–H and O–H groups in total. The van der Waals surface area contributed by atoms with Gasteiger partial charge in [0.25, 0.3) is 0 Å². The highest BCUT2D eigenvalue weighted by molar-refractivity contribution is 5.49. The first-order chi connectivity index (χ1) is 9.71. The summed E-state index contributed by atoms with van der Waals surface area (Å²) in [6.45, 7) is 20.6. The summed E-state index contributed by atoms with van der Waals surface area (Å²) in [5.74, 6) is 0. The van der Waals surface area contributed by atoms with Gasteiger partial charge in [-0.25, -0.2) is 0 Å². The number of rotatable bonds is 7. The van der Waals surface area contributed by atoms with Gasteiger partial charge in [0.1, 0.15) is 0 Å². The van der Waals surface area contributed by atoms with Crippen molar-refractivity contribution in [3.8, 4) is 0 Å². The Bertz CT molecular complexity index is 454. The molecule has 0 heterocycles. The third kappa shape index (κ3) is 4.57. The van der Waals surface area contributed by atoms with Crippen molar-refractivity contribution in [1.29, 1.82) is 0 Å². The zero-order valence-corrected chi connectivity index (χ0v) is 15.5. The van der Waals surface area contributed by atoms with Gasteiger partial charge in [-0.05, 0) is 99.2 Å². The monoisotopic (exact) mass is 289 g/mol. The number of nitrogens with one attached hydrogen (secondary N) is 1.